The van der Waals surface area contributed by atoms with E-state index in [0.29, 0.717) is 19.3 Å². The number of unbranched alkanes of at least 4 members (excludes halogenated alkanes) is 19. The number of hydrogen-bond acceptors (Lipinski definition) is 6. The number of carbonyl (C=O) groups excluding carboxylic acids is 3. The zero-order chi connectivity index (χ0) is 46.5. The molecule has 1 unspecified atom stereocenters. The van der Waals surface area contributed by atoms with Gasteiger partial charge in [-0.3, -0.25) is 14.4 Å². The van der Waals surface area contributed by atoms with Crippen molar-refractivity contribution in [2.45, 2.75) is 239 Å². The van der Waals surface area contributed by atoms with E-state index in [1.807, 2.05) is 0 Å². The first kappa shape index (κ1) is 60.3. The normalized spacial score (nSPS) is 12.9. The summed E-state index contributed by atoms with van der Waals surface area (Å²) in [5.41, 5.74) is 0. The average Bonchev–Trinajstić information content (AvgIpc) is 3.29. The van der Waals surface area contributed by atoms with Gasteiger partial charge in [-0.15, -0.1) is 0 Å². The van der Waals surface area contributed by atoms with Crippen molar-refractivity contribution in [3.63, 3.8) is 0 Å². The molecule has 0 rings (SSSR count). The lowest BCUT2D eigenvalue weighted by Crippen LogP contribution is -2.30. The van der Waals surface area contributed by atoms with E-state index in [-0.39, 0.29) is 31.1 Å². The van der Waals surface area contributed by atoms with E-state index >= 15 is 0 Å². The fraction of sp³-hybridized carbons (Fsp3) is 0.672. The lowest BCUT2D eigenvalue weighted by atomic mass is 10.1. The quantitative estimate of drug-likeness (QED) is 0.0262. The van der Waals surface area contributed by atoms with Gasteiger partial charge in [0.1, 0.15) is 13.2 Å². The molecule has 0 aromatic carbocycles. The highest BCUT2D eigenvalue weighted by molar-refractivity contribution is 5.71. The summed E-state index contributed by atoms with van der Waals surface area (Å²) in [5.74, 6) is -0.943. The van der Waals surface area contributed by atoms with Crippen LogP contribution in [0.3, 0.4) is 0 Å². The molecule has 0 radical (unpaired) electrons. The summed E-state index contributed by atoms with van der Waals surface area (Å²) in [7, 11) is 0. The van der Waals surface area contributed by atoms with Gasteiger partial charge in [0.2, 0.25) is 0 Å². The van der Waals surface area contributed by atoms with Crippen LogP contribution in [0, 0.1) is 0 Å². The molecule has 6 nitrogen and oxygen atoms in total. The largest absolute Gasteiger partial charge is 0.462 e. The van der Waals surface area contributed by atoms with E-state index in [9.17, 15) is 14.4 Å². The molecule has 6 heteroatoms. The van der Waals surface area contributed by atoms with E-state index in [4.69, 9.17) is 14.2 Å². The Morgan fingerprint density at radius 2 is 0.625 bits per heavy atom. The Morgan fingerprint density at radius 3 is 1.02 bits per heavy atom. The Labute approximate surface area is 394 Å². The van der Waals surface area contributed by atoms with Crippen molar-refractivity contribution in [1.29, 1.82) is 0 Å². The third kappa shape index (κ3) is 49.3. The molecule has 364 valence electrons. The van der Waals surface area contributed by atoms with Crippen molar-refractivity contribution in [3.8, 4) is 0 Å². The smallest absolute Gasteiger partial charge is 0.306 e. The molecule has 0 heterocycles. The summed E-state index contributed by atoms with van der Waals surface area (Å²) in [6, 6.07) is 0. The van der Waals surface area contributed by atoms with Crippen LogP contribution in [0.15, 0.2) is 97.2 Å². The van der Waals surface area contributed by atoms with Crippen LogP contribution in [0.5, 0.6) is 0 Å². The second kappa shape index (κ2) is 52.0. The van der Waals surface area contributed by atoms with Gasteiger partial charge >= 0.3 is 17.9 Å². The fourth-order valence-electron chi connectivity index (χ4n) is 6.83. The van der Waals surface area contributed by atoms with Crippen LogP contribution < -0.4 is 0 Å². The maximum absolute atomic E-state index is 12.8. The summed E-state index contributed by atoms with van der Waals surface area (Å²) < 4.78 is 16.7. The lowest BCUT2D eigenvalue weighted by Gasteiger charge is -2.18. The number of allylic oxidation sites excluding steroid dienone is 16. The van der Waals surface area contributed by atoms with Crippen LogP contribution >= 0.6 is 0 Å². The van der Waals surface area contributed by atoms with Gasteiger partial charge in [-0.2, -0.15) is 0 Å². The second-order valence-electron chi connectivity index (χ2n) is 17.0. The van der Waals surface area contributed by atoms with E-state index in [1.165, 1.54) is 57.8 Å². The predicted octanol–water partition coefficient (Wildman–Crippen LogP) is 17.4. The second-order valence-corrected chi connectivity index (χ2v) is 17.0. The molecule has 0 amide bonds. The zero-order valence-corrected chi connectivity index (χ0v) is 41.5. The Bertz CT molecular complexity index is 1300. The van der Waals surface area contributed by atoms with E-state index < -0.39 is 6.10 Å². The molecule has 1 atom stereocenters. The van der Waals surface area contributed by atoms with Crippen molar-refractivity contribution in [2.75, 3.05) is 13.2 Å². The Morgan fingerprint density at radius 1 is 0.328 bits per heavy atom. The molecular formula is C58H96O6. The van der Waals surface area contributed by atoms with Crippen LogP contribution in [-0.2, 0) is 28.6 Å². The summed E-state index contributed by atoms with van der Waals surface area (Å²) in [5, 5.41) is 0. The first-order chi connectivity index (χ1) is 31.5. The van der Waals surface area contributed by atoms with E-state index in [2.05, 4.69) is 118 Å². The van der Waals surface area contributed by atoms with Crippen molar-refractivity contribution in [3.05, 3.63) is 97.2 Å². The molecule has 0 saturated heterocycles. The highest BCUT2D eigenvalue weighted by Crippen LogP contribution is 2.13. The van der Waals surface area contributed by atoms with Crippen molar-refractivity contribution < 1.29 is 28.6 Å². The van der Waals surface area contributed by atoms with Gasteiger partial charge < -0.3 is 14.2 Å². The molecule has 0 bridgehead atoms. The highest BCUT2D eigenvalue weighted by atomic mass is 16.6. The third-order valence-electron chi connectivity index (χ3n) is 10.8. The minimum Gasteiger partial charge on any atom is -0.462 e. The summed E-state index contributed by atoms with van der Waals surface area (Å²) >= 11 is 0. The summed E-state index contributed by atoms with van der Waals surface area (Å²) in [6.45, 7) is 6.41. The molecule has 0 aliphatic rings. The third-order valence-corrected chi connectivity index (χ3v) is 10.8. The molecule has 0 saturated carbocycles. The van der Waals surface area contributed by atoms with Crippen LogP contribution in [0.2, 0.25) is 0 Å². The Hall–Kier alpha value is -3.67. The minimum absolute atomic E-state index is 0.0945. The van der Waals surface area contributed by atoms with Crippen molar-refractivity contribution >= 4 is 17.9 Å². The van der Waals surface area contributed by atoms with E-state index in [1.54, 1.807) is 0 Å². The fourth-order valence-corrected chi connectivity index (χ4v) is 6.83. The first-order valence-electron chi connectivity index (χ1n) is 26.2. The number of ether oxygens (including phenoxy) is 3. The molecule has 0 aliphatic heterocycles. The lowest BCUT2D eigenvalue weighted by molar-refractivity contribution is -0.167. The van der Waals surface area contributed by atoms with E-state index in [0.717, 1.165) is 135 Å². The molecule has 0 aromatic heterocycles. The molecule has 0 spiro atoms. The topological polar surface area (TPSA) is 78.9 Å². The maximum atomic E-state index is 12.8. The van der Waals surface area contributed by atoms with Crippen LogP contribution in [-0.4, -0.2) is 37.2 Å². The van der Waals surface area contributed by atoms with Crippen molar-refractivity contribution in [1.82, 2.24) is 0 Å². The monoisotopic (exact) mass is 889 g/mol. The molecule has 0 aliphatic carbocycles. The average molecular weight is 889 g/mol. The SMILES string of the molecule is CC/C=C\C/C=C\C/C=C\C/C=C\C/C=C\C/C=C\CCCCCCC(=O)OCC(COC(=O)CCCCCCC/C=C\CCCC)OC(=O)CCCCCCC/C=C\CCCCC. The standard InChI is InChI=1S/C58H96O6/c1-4-7-10-13-16-19-22-24-25-26-27-28-29-30-31-32-33-34-37-39-42-45-48-51-57(60)63-54-55(53-62-56(59)50-47-44-41-38-35-21-18-15-12-9-6-3)64-58(61)52-49-46-43-40-36-23-20-17-14-11-8-5-2/h7,10,15-20,24-25,27-28,30-31,33-34,55H,4-6,8-9,11-14,21-23,26,29,32,35-54H2,1-3H3/b10-7-,18-15-,19-16-,20-17-,25-24-,28-27-,31-30-,34-33-. The number of hydrogen-bond donors (Lipinski definition) is 0. The van der Waals surface area contributed by atoms with Gasteiger partial charge in [-0.05, 0) is 116 Å². The van der Waals surface area contributed by atoms with Crippen LogP contribution in [0.1, 0.15) is 233 Å². The molecule has 0 N–H and O–H groups in total. The Balaban J connectivity index is 4.38. The molecule has 64 heavy (non-hydrogen) atoms. The van der Waals surface area contributed by atoms with Crippen LogP contribution in [0.4, 0.5) is 0 Å². The van der Waals surface area contributed by atoms with Crippen molar-refractivity contribution in [2.24, 2.45) is 0 Å². The Kier molecular flexibility index (Phi) is 49.0. The number of esters is 3. The van der Waals surface area contributed by atoms with Gasteiger partial charge in [-0.25, -0.2) is 0 Å². The van der Waals surface area contributed by atoms with Gasteiger partial charge in [0.25, 0.3) is 0 Å². The molecular weight excluding hydrogens is 793 g/mol. The minimum atomic E-state index is -0.795. The summed E-state index contributed by atoms with van der Waals surface area (Å²) in [6.07, 6.45) is 68.2. The highest BCUT2D eigenvalue weighted by Gasteiger charge is 2.19. The number of carbonyl (C=O) groups is 3. The number of rotatable bonds is 46. The molecule has 0 aromatic rings. The van der Waals surface area contributed by atoms with Gasteiger partial charge in [0.05, 0.1) is 0 Å². The van der Waals surface area contributed by atoms with Gasteiger partial charge in [0.15, 0.2) is 6.10 Å². The molecule has 0 fully saturated rings. The zero-order valence-electron chi connectivity index (χ0n) is 41.5. The van der Waals surface area contributed by atoms with Crippen LogP contribution in [0.25, 0.3) is 0 Å². The first-order valence-corrected chi connectivity index (χ1v) is 26.2. The summed E-state index contributed by atoms with van der Waals surface area (Å²) in [4.78, 5) is 37.9. The van der Waals surface area contributed by atoms with Gasteiger partial charge in [0, 0.05) is 19.3 Å². The van der Waals surface area contributed by atoms with Gasteiger partial charge in [-0.1, -0.05) is 195 Å². The maximum Gasteiger partial charge on any atom is 0.306 e. The predicted molar refractivity (Wildman–Crippen MR) is 274 cm³/mol.